The molecule has 1 fully saturated rings. The van der Waals surface area contributed by atoms with E-state index in [0.717, 1.165) is 5.56 Å². The van der Waals surface area contributed by atoms with E-state index in [1.54, 1.807) is 55.5 Å². The Hall–Kier alpha value is -4.50. The van der Waals surface area contributed by atoms with Crippen molar-refractivity contribution in [2.45, 2.75) is 26.5 Å². The van der Waals surface area contributed by atoms with Crippen molar-refractivity contribution >= 4 is 33.9 Å². The predicted molar refractivity (Wildman–Crippen MR) is 144 cm³/mol. The summed E-state index contributed by atoms with van der Waals surface area (Å²) in [6.07, 6.45) is 0. The molecule has 0 saturated carbocycles. The van der Waals surface area contributed by atoms with E-state index in [1.807, 2.05) is 37.3 Å². The van der Waals surface area contributed by atoms with Crippen LogP contribution in [0.2, 0.25) is 0 Å². The van der Waals surface area contributed by atoms with Gasteiger partial charge in [0.15, 0.2) is 0 Å². The molecule has 3 aromatic carbocycles. The molecule has 192 valence electrons. The molecule has 0 aliphatic carbocycles. The third kappa shape index (κ3) is 5.01. The fourth-order valence-electron chi connectivity index (χ4n) is 4.28. The highest BCUT2D eigenvalue weighted by Gasteiger charge is 2.48. The Kier molecular flexibility index (Phi) is 7.19. The zero-order chi connectivity index (χ0) is 26.6. The lowest BCUT2D eigenvalue weighted by Gasteiger charge is -2.23. The number of nitrogens with zero attached hydrogens (tertiary/aromatic N) is 3. The highest BCUT2D eigenvalue weighted by Crippen LogP contribution is 2.43. The lowest BCUT2D eigenvalue weighted by Crippen LogP contribution is -2.29. The van der Waals surface area contributed by atoms with Gasteiger partial charge in [-0.1, -0.05) is 53.8 Å². The Balaban J connectivity index is 1.57. The van der Waals surface area contributed by atoms with Crippen LogP contribution >= 0.6 is 11.3 Å². The van der Waals surface area contributed by atoms with E-state index in [0.29, 0.717) is 40.8 Å². The number of ether oxygens (including phenoxy) is 2. The number of Topliss-reactive ketones (excluding diaryl/α,β-unsaturated/α-hetero) is 1. The lowest BCUT2D eigenvalue weighted by molar-refractivity contribution is -0.132. The molecular weight excluding hydrogens is 502 g/mol. The largest absolute Gasteiger partial charge is 0.507 e. The molecule has 1 unspecified atom stereocenters. The van der Waals surface area contributed by atoms with Gasteiger partial charge < -0.3 is 14.6 Å². The summed E-state index contributed by atoms with van der Waals surface area (Å²) in [6, 6.07) is 22.7. The van der Waals surface area contributed by atoms with Crippen LogP contribution < -0.4 is 14.4 Å². The summed E-state index contributed by atoms with van der Waals surface area (Å²) in [5.41, 5.74) is 1.95. The first-order valence-corrected chi connectivity index (χ1v) is 12.9. The molecule has 0 spiro atoms. The van der Waals surface area contributed by atoms with Crippen molar-refractivity contribution in [2.24, 2.45) is 0 Å². The third-order valence-electron chi connectivity index (χ3n) is 6.03. The molecule has 8 nitrogen and oxygen atoms in total. The van der Waals surface area contributed by atoms with Gasteiger partial charge in [-0.3, -0.25) is 14.5 Å². The SMILES string of the molecule is CCOc1ccc(/C(O)=C2\C(=O)C(=O)N(c3nnc(C)s3)C2c2cccc(OCc3ccccc3)c2)cc1. The van der Waals surface area contributed by atoms with E-state index in [4.69, 9.17) is 9.47 Å². The third-order valence-corrected chi connectivity index (χ3v) is 6.86. The smallest absolute Gasteiger partial charge is 0.301 e. The highest BCUT2D eigenvalue weighted by atomic mass is 32.1. The van der Waals surface area contributed by atoms with E-state index in [-0.39, 0.29) is 16.5 Å². The molecule has 5 rings (SSSR count). The van der Waals surface area contributed by atoms with Crippen LogP contribution in [-0.4, -0.2) is 33.6 Å². The van der Waals surface area contributed by atoms with Crippen LogP contribution in [0, 0.1) is 6.92 Å². The fourth-order valence-corrected chi connectivity index (χ4v) is 4.99. The first kappa shape index (κ1) is 25.2. The summed E-state index contributed by atoms with van der Waals surface area (Å²) >= 11 is 1.20. The molecule has 1 aromatic heterocycles. The van der Waals surface area contributed by atoms with Gasteiger partial charge in [-0.05, 0) is 61.4 Å². The van der Waals surface area contributed by atoms with Gasteiger partial charge in [-0.2, -0.15) is 0 Å². The van der Waals surface area contributed by atoms with Crippen molar-refractivity contribution in [3.8, 4) is 11.5 Å². The van der Waals surface area contributed by atoms with E-state index in [2.05, 4.69) is 10.2 Å². The van der Waals surface area contributed by atoms with Crippen LogP contribution in [0.5, 0.6) is 11.5 Å². The second kappa shape index (κ2) is 10.9. The minimum atomic E-state index is -0.922. The number of aliphatic hydroxyl groups excluding tert-OH is 1. The Morgan fingerprint density at radius 1 is 0.947 bits per heavy atom. The van der Waals surface area contributed by atoms with E-state index in [1.165, 1.54) is 16.2 Å². The number of aryl methyl sites for hydroxylation is 1. The van der Waals surface area contributed by atoms with Gasteiger partial charge in [0.2, 0.25) is 5.13 Å². The number of hydrogen-bond acceptors (Lipinski definition) is 8. The molecule has 1 saturated heterocycles. The predicted octanol–water partition coefficient (Wildman–Crippen LogP) is 5.45. The molecule has 1 amide bonds. The molecule has 38 heavy (non-hydrogen) atoms. The Labute approximate surface area is 223 Å². The molecule has 9 heteroatoms. The number of amides is 1. The van der Waals surface area contributed by atoms with Crippen LogP contribution in [0.3, 0.4) is 0 Å². The van der Waals surface area contributed by atoms with Gasteiger partial charge in [0.05, 0.1) is 18.2 Å². The second-order valence-corrected chi connectivity index (χ2v) is 9.74. The van der Waals surface area contributed by atoms with Gasteiger partial charge >= 0.3 is 5.91 Å². The van der Waals surface area contributed by atoms with Crippen molar-refractivity contribution in [1.82, 2.24) is 10.2 Å². The molecule has 1 aliphatic heterocycles. The Morgan fingerprint density at radius 3 is 2.39 bits per heavy atom. The van der Waals surface area contributed by atoms with E-state index in [9.17, 15) is 14.7 Å². The normalized spacial score (nSPS) is 16.6. The maximum atomic E-state index is 13.4. The van der Waals surface area contributed by atoms with Crippen molar-refractivity contribution < 1.29 is 24.2 Å². The highest BCUT2D eigenvalue weighted by molar-refractivity contribution is 7.15. The number of rotatable bonds is 8. The monoisotopic (exact) mass is 527 g/mol. The number of hydrogen-bond donors (Lipinski definition) is 1. The minimum absolute atomic E-state index is 0.0350. The van der Waals surface area contributed by atoms with E-state index >= 15 is 0 Å². The molecular formula is C29H25N3O5S. The standard InChI is InChI=1S/C29H25N3O5S/c1-3-36-22-14-12-20(13-15-22)26(33)24-25(32(28(35)27(24)34)29-31-30-18(2)38-29)21-10-7-11-23(16-21)37-17-19-8-5-4-6-9-19/h4-16,25,33H,3,17H2,1-2H3/b26-24+. The molecule has 4 aromatic rings. The average Bonchev–Trinajstić information content (AvgIpc) is 3.48. The quantitative estimate of drug-likeness (QED) is 0.185. The maximum Gasteiger partial charge on any atom is 0.301 e. The van der Waals surface area contributed by atoms with Gasteiger partial charge in [0, 0.05) is 5.56 Å². The number of anilines is 1. The van der Waals surface area contributed by atoms with Gasteiger partial charge in [0.25, 0.3) is 5.78 Å². The van der Waals surface area contributed by atoms with Crippen LogP contribution in [0.15, 0.2) is 84.4 Å². The summed E-state index contributed by atoms with van der Waals surface area (Å²) in [5, 5.41) is 20.4. The van der Waals surface area contributed by atoms with Crippen molar-refractivity contribution in [2.75, 3.05) is 11.5 Å². The van der Waals surface area contributed by atoms with E-state index < -0.39 is 17.7 Å². The van der Waals surface area contributed by atoms with Crippen molar-refractivity contribution in [1.29, 1.82) is 0 Å². The summed E-state index contributed by atoms with van der Waals surface area (Å²) in [7, 11) is 0. The number of benzene rings is 3. The van der Waals surface area contributed by atoms with Gasteiger partial charge in [-0.25, -0.2) is 0 Å². The summed E-state index contributed by atoms with van der Waals surface area (Å²) < 4.78 is 11.5. The Bertz CT molecular complexity index is 1500. The number of carbonyl (C=O) groups is 2. The molecule has 0 bridgehead atoms. The number of ketones is 1. The van der Waals surface area contributed by atoms with Crippen LogP contribution in [-0.2, 0) is 16.2 Å². The number of aromatic nitrogens is 2. The molecule has 0 radical (unpaired) electrons. The topological polar surface area (TPSA) is 102 Å². The van der Waals surface area contributed by atoms with Crippen LogP contribution in [0.1, 0.15) is 34.7 Å². The number of carbonyl (C=O) groups excluding carboxylic acids is 2. The maximum absolute atomic E-state index is 13.4. The first-order valence-electron chi connectivity index (χ1n) is 12.1. The average molecular weight is 528 g/mol. The van der Waals surface area contributed by atoms with Crippen LogP contribution in [0.25, 0.3) is 5.76 Å². The van der Waals surface area contributed by atoms with Crippen LogP contribution in [0.4, 0.5) is 5.13 Å². The summed E-state index contributed by atoms with van der Waals surface area (Å²) in [4.78, 5) is 27.9. The van der Waals surface area contributed by atoms with Gasteiger partial charge in [-0.15, -0.1) is 10.2 Å². The second-order valence-electron chi connectivity index (χ2n) is 8.58. The summed E-state index contributed by atoms with van der Waals surface area (Å²) in [5.74, 6) is -0.671. The zero-order valence-corrected chi connectivity index (χ0v) is 21.6. The fraction of sp³-hybridized carbons (Fsp3) is 0.172. The molecule has 1 aliphatic rings. The lowest BCUT2D eigenvalue weighted by atomic mass is 9.95. The minimum Gasteiger partial charge on any atom is -0.507 e. The molecule has 1 atom stereocenters. The molecule has 2 heterocycles. The molecule has 1 N–H and O–H groups in total. The Morgan fingerprint density at radius 2 is 1.71 bits per heavy atom. The van der Waals surface area contributed by atoms with Gasteiger partial charge in [0.1, 0.15) is 28.9 Å². The van der Waals surface area contributed by atoms with Crippen molar-refractivity contribution in [3.05, 3.63) is 106 Å². The first-order chi connectivity index (χ1) is 18.5. The van der Waals surface area contributed by atoms with Crippen molar-refractivity contribution in [3.63, 3.8) is 0 Å². The summed E-state index contributed by atoms with van der Waals surface area (Å²) in [6.45, 7) is 4.50. The zero-order valence-electron chi connectivity index (χ0n) is 20.8. The number of aliphatic hydroxyl groups is 1.